The van der Waals surface area contributed by atoms with E-state index in [1.54, 1.807) is 23.0 Å². The number of benzene rings is 3. The van der Waals surface area contributed by atoms with Gasteiger partial charge in [0.2, 0.25) is 0 Å². The third-order valence-corrected chi connectivity index (χ3v) is 5.45. The molecule has 5 rings (SSSR count). The van der Waals surface area contributed by atoms with Gasteiger partial charge in [-0.15, -0.1) is 13.2 Å². The van der Waals surface area contributed by atoms with Crippen LogP contribution in [0.4, 0.5) is 26.3 Å². The molecule has 3 aromatic carbocycles. The van der Waals surface area contributed by atoms with E-state index < -0.39 is 29.6 Å². The van der Waals surface area contributed by atoms with Gasteiger partial charge in [-0.25, -0.2) is 23.1 Å². The van der Waals surface area contributed by atoms with Crippen LogP contribution < -0.4 is 4.74 Å². The van der Waals surface area contributed by atoms with Crippen molar-refractivity contribution in [3.8, 4) is 39.7 Å². The number of pyridine rings is 1. The second-order valence-electron chi connectivity index (χ2n) is 7.89. The molecule has 2 aliphatic heterocycles. The molecule has 182 valence electrons. The van der Waals surface area contributed by atoms with E-state index in [2.05, 4.69) is 14.7 Å². The van der Waals surface area contributed by atoms with Gasteiger partial charge in [0.05, 0.1) is 11.3 Å². The van der Waals surface area contributed by atoms with Crippen molar-refractivity contribution in [2.45, 2.75) is 12.9 Å². The molecular formula is C26H15F6N3O. The van der Waals surface area contributed by atoms with Crippen molar-refractivity contribution < 1.29 is 31.1 Å². The normalized spacial score (nSPS) is 11.7. The highest BCUT2D eigenvalue weighted by Crippen LogP contribution is 2.34. The monoisotopic (exact) mass is 499 g/mol. The van der Waals surface area contributed by atoms with Crippen LogP contribution >= 0.6 is 0 Å². The summed E-state index contributed by atoms with van der Waals surface area (Å²) in [6, 6.07) is 14.9. The Labute approximate surface area is 200 Å². The van der Waals surface area contributed by atoms with Gasteiger partial charge >= 0.3 is 6.36 Å². The van der Waals surface area contributed by atoms with Crippen LogP contribution in [-0.4, -0.2) is 20.9 Å². The fourth-order valence-electron chi connectivity index (χ4n) is 3.81. The zero-order valence-electron chi connectivity index (χ0n) is 18.2. The summed E-state index contributed by atoms with van der Waals surface area (Å²) in [5, 5.41) is 0. The Hall–Kier alpha value is -4.34. The van der Waals surface area contributed by atoms with Crippen molar-refractivity contribution in [3.63, 3.8) is 0 Å². The van der Waals surface area contributed by atoms with Crippen LogP contribution in [0.15, 0.2) is 79.1 Å². The van der Waals surface area contributed by atoms with Gasteiger partial charge in [0.15, 0.2) is 17.5 Å². The lowest BCUT2D eigenvalue weighted by molar-refractivity contribution is -0.274. The van der Waals surface area contributed by atoms with Crippen molar-refractivity contribution >= 4 is 0 Å². The van der Waals surface area contributed by atoms with Gasteiger partial charge in [0.1, 0.15) is 17.3 Å². The van der Waals surface area contributed by atoms with Crippen molar-refractivity contribution in [3.05, 3.63) is 102 Å². The summed E-state index contributed by atoms with van der Waals surface area (Å²) in [7, 11) is 0. The van der Waals surface area contributed by atoms with Gasteiger partial charge in [0.25, 0.3) is 0 Å². The molecule has 0 fully saturated rings. The van der Waals surface area contributed by atoms with Crippen LogP contribution in [-0.2, 0) is 6.54 Å². The largest absolute Gasteiger partial charge is 0.573 e. The molecule has 0 atom stereocenters. The number of halogens is 6. The lowest BCUT2D eigenvalue weighted by Gasteiger charge is -2.14. The summed E-state index contributed by atoms with van der Waals surface area (Å²) >= 11 is 0. The maximum absolute atomic E-state index is 14.9. The number of alkyl halides is 3. The molecule has 2 aliphatic rings. The van der Waals surface area contributed by atoms with Crippen LogP contribution in [0.5, 0.6) is 5.75 Å². The Morgan fingerprint density at radius 2 is 1.53 bits per heavy atom. The smallest absolute Gasteiger partial charge is 0.405 e. The predicted octanol–water partition coefficient (Wildman–Crippen LogP) is 7.08. The molecule has 0 amide bonds. The zero-order valence-corrected chi connectivity index (χ0v) is 18.2. The summed E-state index contributed by atoms with van der Waals surface area (Å²) in [6.45, 7) is 0.0826. The van der Waals surface area contributed by atoms with E-state index in [0.29, 0.717) is 11.4 Å². The molecule has 10 heteroatoms. The summed E-state index contributed by atoms with van der Waals surface area (Å²) in [6.07, 6.45) is -1.67. The second-order valence-corrected chi connectivity index (χ2v) is 7.89. The number of aromatic nitrogens is 3. The lowest BCUT2D eigenvalue weighted by atomic mass is 10.0. The van der Waals surface area contributed by atoms with Gasteiger partial charge < -0.3 is 9.30 Å². The third-order valence-electron chi connectivity index (χ3n) is 5.45. The van der Waals surface area contributed by atoms with E-state index in [1.807, 2.05) is 0 Å². The van der Waals surface area contributed by atoms with Crippen molar-refractivity contribution in [2.75, 3.05) is 0 Å². The number of hydrogen-bond donors (Lipinski definition) is 0. The Morgan fingerprint density at radius 3 is 2.31 bits per heavy atom. The Kier molecular flexibility index (Phi) is 5.87. The number of imidazole rings is 1. The zero-order chi connectivity index (χ0) is 25.4. The Bertz CT molecular complexity index is 1530. The molecule has 0 aliphatic carbocycles. The fraction of sp³-hybridized carbons (Fsp3) is 0.0769. The minimum Gasteiger partial charge on any atom is -0.405 e. The standard InChI is InChI=1S/C26H15F6N3O/c27-19-6-3-5-18(24(19)29)25-33-21-10-11-35(14-22(21)34-25)13-16-9-8-15(12-20(16)28)17-4-1-2-7-23(17)36-26(30,31)32/h1-12,14H,13H2. The molecule has 0 spiro atoms. The minimum atomic E-state index is -4.88. The number of nitrogens with zero attached hydrogens (tertiary/aromatic N) is 3. The average Bonchev–Trinajstić information content (AvgIpc) is 3.25. The third kappa shape index (κ3) is 4.74. The van der Waals surface area contributed by atoms with E-state index in [1.165, 1.54) is 42.5 Å². The van der Waals surface area contributed by atoms with Crippen LogP contribution in [0.2, 0.25) is 0 Å². The molecule has 0 saturated carbocycles. The number of fused-ring (bicyclic) bond motifs is 1. The van der Waals surface area contributed by atoms with Crippen LogP contribution in [0, 0.1) is 17.5 Å². The lowest BCUT2D eigenvalue weighted by Crippen LogP contribution is -2.17. The first-order chi connectivity index (χ1) is 17.2. The minimum absolute atomic E-state index is 0.0232. The molecule has 3 aromatic rings. The Balaban J connectivity index is 1.42. The van der Waals surface area contributed by atoms with E-state index in [-0.39, 0.29) is 34.6 Å². The van der Waals surface area contributed by atoms with E-state index in [0.717, 1.165) is 18.2 Å². The molecule has 36 heavy (non-hydrogen) atoms. The number of ether oxygens (including phenoxy) is 1. The predicted molar refractivity (Wildman–Crippen MR) is 120 cm³/mol. The SMILES string of the molecule is Fc1cc(-c2ccccc2OC(F)(F)F)ccc1Cn1ccc2nc(-c3cccc(F)c3F)nc-2c1. The maximum Gasteiger partial charge on any atom is 0.573 e. The highest BCUT2D eigenvalue weighted by atomic mass is 19.4. The highest BCUT2D eigenvalue weighted by Gasteiger charge is 2.32. The van der Waals surface area contributed by atoms with Crippen LogP contribution in [0.25, 0.3) is 33.9 Å². The average molecular weight is 499 g/mol. The molecule has 0 bridgehead atoms. The second kappa shape index (κ2) is 9.03. The van der Waals surface area contributed by atoms with E-state index in [9.17, 15) is 26.3 Å². The first kappa shape index (κ1) is 23.4. The molecule has 0 radical (unpaired) electrons. The Morgan fingerprint density at radius 1 is 0.778 bits per heavy atom. The van der Waals surface area contributed by atoms with Gasteiger partial charge in [0, 0.05) is 30.1 Å². The van der Waals surface area contributed by atoms with Crippen molar-refractivity contribution in [1.82, 2.24) is 14.5 Å². The first-order valence-electron chi connectivity index (χ1n) is 10.6. The van der Waals surface area contributed by atoms with Gasteiger partial charge in [-0.2, -0.15) is 0 Å². The van der Waals surface area contributed by atoms with Gasteiger partial charge in [-0.05, 0) is 35.9 Å². The molecule has 0 unspecified atom stereocenters. The topological polar surface area (TPSA) is 39.9 Å². The van der Waals surface area contributed by atoms with Crippen LogP contribution in [0.1, 0.15) is 5.56 Å². The highest BCUT2D eigenvalue weighted by molar-refractivity contribution is 5.71. The van der Waals surface area contributed by atoms with Crippen LogP contribution in [0.3, 0.4) is 0 Å². The summed E-state index contributed by atoms with van der Waals surface area (Å²) in [4.78, 5) is 8.50. The molecular weight excluding hydrogens is 484 g/mol. The van der Waals surface area contributed by atoms with Crippen molar-refractivity contribution in [2.24, 2.45) is 0 Å². The van der Waals surface area contributed by atoms with E-state index >= 15 is 0 Å². The summed E-state index contributed by atoms with van der Waals surface area (Å²) in [5.74, 6) is -3.10. The summed E-state index contributed by atoms with van der Waals surface area (Å²) in [5.41, 5.74) is 1.36. The maximum atomic E-state index is 14.9. The summed E-state index contributed by atoms with van der Waals surface area (Å²) < 4.78 is 86.5. The quantitative estimate of drug-likeness (QED) is 0.243. The number of hydrogen-bond acceptors (Lipinski definition) is 3. The molecule has 0 N–H and O–H groups in total. The number of para-hydroxylation sites is 1. The van der Waals surface area contributed by atoms with Gasteiger partial charge in [-0.3, -0.25) is 0 Å². The molecule has 2 heterocycles. The molecule has 4 nitrogen and oxygen atoms in total. The fourth-order valence-corrected chi connectivity index (χ4v) is 3.81. The van der Waals surface area contributed by atoms with Crippen molar-refractivity contribution in [1.29, 1.82) is 0 Å². The van der Waals surface area contributed by atoms with Gasteiger partial charge in [-0.1, -0.05) is 36.4 Å². The molecule has 0 aromatic heterocycles. The molecule has 0 saturated heterocycles. The number of rotatable bonds is 5. The van der Waals surface area contributed by atoms with E-state index in [4.69, 9.17) is 0 Å². The first-order valence-corrected chi connectivity index (χ1v) is 10.6.